The predicted molar refractivity (Wildman–Crippen MR) is 143 cm³/mol. The summed E-state index contributed by atoms with van der Waals surface area (Å²) in [7, 11) is 9.87. The SMILES string of the molecule is C[C]1[CH][CH][C](C([C]2[C]3C=CC=C[C]3[C]3C=CC=C[C]32)(c2ccccc2)c2ccccc2)[CH]1.[Cl][Zr+2][Cl]. The first-order valence-corrected chi connectivity index (χ1v) is 17.9. The van der Waals surface area contributed by atoms with E-state index in [1.54, 1.807) is 0 Å². The van der Waals surface area contributed by atoms with Crippen LogP contribution in [0.2, 0.25) is 0 Å². The quantitative estimate of drug-likeness (QED) is 0.347. The van der Waals surface area contributed by atoms with Crippen LogP contribution < -0.4 is 0 Å². The molecule has 0 saturated heterocycles. The zero-order chi connectivity index (χ0) is 24.3. The van der Waals surface area contributed by atoms with Crippen molar-refractivity contribution >= 4 is 17.0 Å². The van der Waals surface area contributed by atoms with Gasteiger partial charge in [-0.05, 0) is 42.2 Å². The molecule has 0 aromatic heterocycles. The van der Waals surface area contributed by atoms with Crippen LogP contribution in [0.25, 0.3) is 0 Å². The van der Waals surface area contributed by atoms with Crippen LogP contribution >= 0.6 is 17.0 Å². The number of halogens is 2. The molecule has 0 N–H and O–H groups in total. The Labute approximate surface area is 229 Å². The van der Waals surface area contributed by atoms with Gasteiger partial charge in [-0.2, -0.15) is 0 Å². The third-order valence-electron chi connectivity index (χ3n) is 6.81. The molecule has 0 atom stereocenters. The molecule has 4 aliphatic rings. The van der Waals surface area contributed by atoms with E-state index in [1.165, 1.54) is 52.6 Å². The van der Waals surface area contributed by atoms with Gasteiger partial charge in [-0.15, -0.1) is 0 Å². The van der Waals surface area contributed by atoms with Gasteiger partial charge in [-0.3, -0.25) is 0 Å². The summed E-state index contributed by atoms with van der Waals surface area (Å²) in [6.07, 6.45) is 24.7. The minimum absolute atomic E-state index is 0.417. The maximum atomic E-state index is 4.93. The monoisotopic (exact) mass is 568 g/mol. The van der Waals surface area contributed by atoms with Gasteiger partial charge in [0.2, 0.25) is 0 Å². The number of hydrogen-bond donors (Lipinski definition) is 0. The average Bonchev–Trinajstić information content (AvgIpc) is 3.49. The molecule has 3 heteroatoms. The first-order chi connectivity index (χ1) is 17.2. The van der Waals surface area contributed by atoms with Crippen LogP contribution in [0.1, 0.15) is 18.1 Å². The van der Waals surface area contributed by atoms with Gasteiger partial charge in [0.1, 0.15) is 0 Å². The van der Waals surface area contributed by atoms with Gasteiger partial charge in [0.25, 0.3) is 0 Å². The number of hydrogen-bond acceptors (Lipinski definition) is 0. The Morgan fingerprint density at radius 3 is 1.43 bits per heavy atom. The molecule has 2 aromatic carbocycles. The van der Waals surface area contributed by atoms with Gasteiger partial charge in [-0.1, -0.05) is 116 Å². The van der Waals surface area contributed by atoms with Crippen LogP contribution in [-0.2, 0) is 26.3 Å². The second-order valence-corrected chi connectivity index (χ2v) is 12.4. The van der Waals surface area contributed by atoms with E-state index in [4.69, 9.17) is 17.0 Å². The van der Waals surface area contributed by atoms with Crippen LogP contribution in [0.3, 0.4) is 0 Å². The van der Waals surface area contributed by atoms with Crippen molar-refractivity contribution in [2.24, 2.45) is 0 Å². The first kappa shape index (κ1) is 25.5. The molecule has 2 aromatic rings. The molecule has 0 nitrogen and oxygen atoms in total. The van der Waals surface area contributed by atoms with Crippen molar-refractivity contribution in [1.29, 1.82) is 0 Å². The number of fused-ring (bicyclic) bond motifs is 3. The summed E-state index contributed by atoms with van der Waals surface area (Å²) < 4.78 is 0. The molecule has 0 aliphatic heterocycles. The summed E-state index contributed by atoms with van der Waals surface area (Å²) in [5.74, 6) is 9.24. The zero-order valence-electron chi connectivity index (χ0n) is 19.4. The van der Waals surface area contributed by atoms with Gasteiger partial charge >= 0.3 is 37.9 Å². The van der Waals surface area contributed by atoms with E-state index >= 15 is 0 Å². The van der Waals surface area contributed by atoms with Crippen LogP contribution in [0.15, 0.2) is 109 Å². The van der Waals surface area contributed by atoms with E-state index in [0.29, 0.717) is 0 Å². The van der Waals surface area contributed by atoms with Crippen molar-refractivity contribution in [1.82, 2.24) is 0 Å². The standard InChI is InChI=1S/C32H24.2ClH.Zr/c1-23-20-21-26(22-23)32(24-12-4-2-5-13-24,25-14-6-3-7-15-25)31-29-18-10-8-16-27(29)28-17-9-11-19-30(28)31;;;/h2-22H,1H3;2*1H;/q;;;+4/p-2. The molecule has 0 spiro atoms. The van der Waals surface area contributed by atoms with E-state index in [9.17, 15) is 0 Å². The minimum atomic E-state index is -0.826. The average molecular weight is 571 g/mol. The van der Waals surface area contributed by atoms with E-state index in [0.717, 1.165) is 0 Å². The molecular weight excluding hydrogens is 546 g/mol. The van der Waals surface area contributed by atoms with E-state index in [-0.39, 0.29) is 0 Å². The Kier molecular flexibility index (Phi) is 8.38. The fourth-order valence-electron chi connectivity index (χ4n) is 5.53. The fraction of sp³-hybridized carbons (Fsp3) is 0.0625. The third kappa shape index (κ3) is 4.67. The first-order valence-electron chi connectivity index (χ1n) is 11.6. The molecule has 0 unspecified atom stereocenters. The van der Waals surface area contributed by atoms with Crippen molar-refractivity contribution < 1.29 is 20.8 Å². The van der Waals surface area contributed by atoms with Gasteiger partial charge in [-0.25, -0.2) is 0 Å². The van der Waals surface area contributed by atoms with E-state index in [1.807, 2.05) is 0 Å². The maximum absolute atomic E-state index is 4.93. The topological polar surface area (TPSA) is 0 Å². The Balaban J connectivity index is 0.000000806. The summed E-state index contributed by atoms with van der Waals surface area (Å²) in [5, 5.41) is 0. The molecule has 2 saturated carbocycles. The molecule has 6 rings (SSSR count). The second-order valence-electron chi connectivity index (χ2n) is 8.70. The van der Waals surface area contributed by atoms with Gasteiger partial charge in [0, 0.05) is 35.0 Å². The summed E-state index contributed by atoms with van der Waals surface area (Å²) >= 11 is -0.826. The number of rotatable bonds is 4. The Morgan fingerprint density at radius 2 is 1.03 bits per heavy atom. The zero-order valence-corrected chi connectivity index (χ0v) is 23.4. The predicted octanol–water partition coefficient (Wildman–Crippen LogP) is 8.28. The van der Waals surface area contributed by atoms with Crippen molar-refractivity contribution in [2.75, 3.05) is 0 Å². The van der Waals surface area contributed by atoms with Crippen molar-refractivity contribution in [2.45, 2.75) is 12.3 Å². The van der Waals surface area contributed by atoms with Crippen LogP contribution in [-0.4, -0.2) is 0 Å². The van der Waals surface area contributed by atoms with Gasteiger partial charge in [0.05, 0.1) is 0 Å². The van der Waals surface area contributed by atoms with E-state index in [2.05, 4.69) is 135 Å². The van der Waals surface area contributed by atoms with Crippen LogP contribution in [0.5, 0.6) is 0 Å². The summed E-state index contributed by atoms with van der Waals surface area (Å²) in [4.78, 5) is 0. The van der Waals surface area contributed by atoms with Gasteiger partial charge < -0.3 is 0 Å². The molecule has 0 bridgehead atoms. The van der Waals surface area contributed by atoms with Crippen LogP contribution in [0, 0.1) is 60.7 Å². The summed E-state index contributed by atoms with van der Waals surface area (Å²) in [5.41, 5.74) is 2.16. The molecule has 10 radical (unpaired) electrons. The Bertz CT molecular complexity index is 1010. The van der Waals surface area contributed by atoms with E-state index < -0.39 is 26.3 Å². The van der Waals surface area contributed by atoms with Crippen molar-refractivity contribution in [3.63, 3.8) is 0 Å². The normalized spacial score (nSPS) is 21.6. The fourth-order valence-corrected chi connectivity index (χ4v) is 5.53. The molecule has 2 fully saturated rings. The Morgan fingerprint density at radius 1 is 0.600 bits per heavy atom. The van der Waals surface area contributed by atoms with Crippen LogP contribution in [0.4, 0.5) is 0 Å². The molecule has 0 amide bonds. The second kappa shape index (κ2) is 11.5. The third-order valence-corrected chi connectivity index (χ3v) is 6.81. The molecule has 168 valence electrons. The molecule has 0 heterocycles. The number of allylic oxidation sites excluding steroid dienone is 8. The summed E-state index contributed by atoms with van der Waals surface area (Å²) in [6, 6.07) is 22.0. The van der Waals surface area contributed by atoms with Gasteiger partial charge in [0.15, 0.2) is 0 Å². The van der Waals surface area contributed by atoms with Crippen molar-refractivity contribution in [3.8, 4) is 0 Å². The molecule has 35 heavy (non-hydrogen) atoms. The Hall–Kier alpha value is -1.14. The molecule has 4 aliphatic carbocycles. The van der Waals surface area contributed by atoms with Crippen molar-refractivity contribution in [3.05, 3.63) is 181 Å². The number of benzene rings is 2. The summed E-state index contributed by atoms with van der Waals surface area (Å²) in [6.45, 7) is 2.19. The molecular formula is C32H24Cl2Zr+2.